The smallest absolute Gasteiger partial charge is 0.191 e. The first-order chi connectivity index (χ1) is 13.3. The number of ether oxygens (including phenoxy) is 1. The maximum Gasteiger partial charge on any atom is 0.191 e. The Balaban J connectivity index is 1.38. The SMILES string of the molecule is CCNC(=NCCCCN1CCOCC1)NC1CCN(c2ccccc2)C1. The van der Waals surface area contributed by atoms with E-state index in [4.69, 9.17) is 9.73 Å². The third-order valence-corrected chi connectivity index (χ3v) is 5.25. The van der Waals surface area contributed by atoms with Crippen molar-refractivity contribution >= 4 is 11.6 Å². The highest BCUT2D eigenvalue weighted by molar-refractivity contribution is 5.80. The number of hydrogen-bond donors (Lipinski definition) is 2. The van der Waals surface area contributed by atoms with Crippen LogP contribution in [0.25, 0.3) is 0 Å². The van der Waals surface area contributed by atoms with Crippen molar-refractivity contribution in [2.45, 2.75) is 32.2 Å². The predicted molar refractivity (Wildman–Crippen MR) is 113 cm³/mol. The summed E-state index contributed by atoms with van der Waals surface area (Å²) in [5, 5.41) is 7.02. The second-order valence-corrected chi connectivity index (χ2v) is 7.33. The molecule has 0 aliphatic carbocycles. The third kappa shape index (κ3) is 6.70. The van der Waals surface area contributed by atoms with Gasteiger partial charge in [-0.1, -0.05) is 18.2 Å². The lowest BCUT2D eigenvalue weighted by atomic mass is 10.2. The molecule has 1 aromatic rings. The second kappa shape index (κ2) is 11.1. The number of morpholine rings is 1. The Labute approximate surface area is 164 Å². The average Bonchev–Trinajstić information content (AvgIpc) is 3.18. The van der Waals surface area contributed by atoms with Crippen molar-refractivity contribution in [3.8, 4) is 0 Å². The van der Waals surface area contributed by atoms with Gasteiger partial charge in [-0.25, -0.2) is 0 Å². The van der Waals surface area contributed by atoms with Crippen molar-refractivity contribution in [2.24, 2.45) is 4.99 Å². The van der Waals surface area contributed by atoms with Gasteiger partial charge >= 0.3 is 0 Å². The van der Waals surface area contributed by atoms with Gasteiger partial charge in [-0.3, -0.25) is 9.89 Å². The predicted octanol–water partition coefficient (Wildman–Crippen LogP) is 1.93. The minimum Gasteiger partial charge on any atom is -0.379 e. The number of nitrogens with one attached hydrogen (secondary N) is 2. The molecule has 0 spiro atoms. The Morgan fingerprint density at radius 3 is 2.74 bits per heavy atom. The van der Waals surface area contributed by atoms with Crippen LogP contribution in [-0.4, -0.2) is 75.9 Å². The zero-order valence-electron chi connectivity index (χ0n) is 16.7. The molecular formula is C21H35N5O. The molecule has 150 valence electrons. The second-order valence-electron chi connectivity index (χ2n) is 7.33. The molecule has 3 rings (SSSR count). The Morgan fingerprint density at radius 1 is 1.15 bits per heavy atom. The van der Waals surface area contributed by atoms with Gasteiger partial charge in [0, 0.05) is 51.0 Å². The summed E-state index contributed by atoms with van der Waals surface area (Å²) in [4.78, 5) is 9.73. The molecule has 0 radical (unpaired) electrons. The molecule has 2 aliphatic heterocycles. The Kier molecular flexibility index (Phi) is 8.24. The van der Waals surface area contributed by atoms with Crippen LogP contribution < -0.4 is 15.5 Å². The summed E-state index contributed by atoms with van der Waals surface area (Å²) in [5.41, 5.74) is 1.31. The maximum absolute atomic E-state index is 5.40. The number of guanidine groups is 1. The zero-order chi connectivity index (χ0) is 18.7. The first-order valence-electron chi connectivity index (χ1n) is 10.5. The maximum atomic E-state index is 5.40. The number of hydrogen-bond acceptors (Lipinski definition) is 4. The standard InChI is InChI=1S/C21H35N5O/c1-2-22-21(23-11-6-7-12-25-14-16-27-17-15-25)24-19-10-13-26(18-19)20-8-4-3-5-9-20/h3-5,8-9,19H,2,6-7,10-18H2,1H3,(H2,22,23,24). The number of unbranched alkanes of at least 4 members (excludes halogenated alkanes) is 1. The van der Waals surface area contributed by atoms with E-state index in [0.717, 1.165) is 77.8 Å². The molecule has 2 saturated heterocycles. The number of benzene rings is 1. The molecule has 2 heterocycles. The van der Waals surface area contributed by atoms with Crippen LogP contribution in [-0.2, 0) is 4.74 Å². The number of para-hydroxylation sites is 1. The molecule has 1 atom stereocenters. The molecule has 2 fully saturated rings. The molecule has 2 aliphatic rings. The molecule has 0 amide bonds. The van der Waals surface area contributed by atoms with Crippen LogP contribution in [0.4, 0.5) is 5.69 Å². The zero-order valence-corrected chi connectivity index (χ0v) is 16.7. The largest absolute Gasteiger partial charge is 0.379 e. The van der Waals surface area contributed by atoms with Gasteiger partial charge in [-0.15, -0.1) is 0 Å². The summed E-state index contributed by atoms with van der Waals surface area (Å²) in [6.45, 7) is 11.1. The van der Waals surface area contributed by atoms with E-state index in [1.54, 1.807) is 0 Å². The molecule has 2 N–H and O–H groups in total. The first-order valence-corrected chi connectivity index (χ1v) is 10.5. The molecule has 1 unspecified atom stereocenters. The number of rotatable bonds is 8. The van der Waals surface area contributed by atoms with E-state index in [1.807, 2.05) is 0 Å². The minimum absolute atomic E-state index is 0.455. The summed E-state index contributed by atoms with van der Waals surface area (Å²) in [5.74, 6) is 0.962. The molecule has 0 bridgehead atoms. The van der Waals surface area contributed by atoms with Crippen molar-refractivity contribution < 1.29 is 4.74 Å². The monoisotopic (exact) mass is 373 g/mol. The summed E-state index contributed by atoms with van der Waals surface area (Å²) in [6, 6.07) is 11.1. The normalized spacial score (nSPS) is 21.4. The molecule has 6 nitrogen and oxygen atoms in total. The average molecular weight is 374 g/mol. The van der Waals surface area contributed by atoms with E-state index in [1.165, 1.54) is 12.1 Å². The van der Waals surface area contributed by atoms with Crippen LogP contribution >= 0.6 is 0 Å². The van der Waals surface area contributed by atoms with E-state index in [-0.39, 0.29) is 0 Å². The van der Waals surface area contributed by atoms with Crippen LogP contribution in [0.5, 0.6) is 0 Å². The Bertz CT molecular complexity index is 559. The van der Waals surface area contributed by atoms with Crippen LogP contribution in [0.15, 0.2) is 35.3 Å². The van der Waals surface area contributed by atoms with Crippen molar-refractivity contribution in [3.05, 3.63) is 30.3 Å². The van der Waals surface area contributed by atoms with Crippen molar-refractivity contribution in [1.82, 2.24) is 15.5 Å². The van der Waals surface area contributed by atoms with E-state index >= 15 is 0 Å². The lowest BCUT2D eigenvalue weighted by Crippen LogP contribution is -2.44. The Morgan fingerprint density at radius 2 is 1.96 bits per heavy atom. The molecule has 0 saturated carbocycles. The van der Waals surface area contributed by atoms with E-state index in [9.17, 15) is 0 Å². The quantitative estimate of drug-likeness (QED) is 0.414. The van der Waals surface area contributed by atoms with Crippen LogP contribution in [0.2, 0.25) is 0 Å². The van der Waals surface area contributed by atoms with E-state index < -0.39 is 0 Å². The molecular weight excluding hydrogens is 338 g/mol. The van der Waals surface area contributed by atoms with Crippen LogP contribution in [0.3, 0.4) is 0 Å². The summed E-state index contributed by atoms with van der Waals surface area (Å²) in [6.07, 6.45) is 3.49. The summed E-state index contributed by atoms with van der Waals surface area (Å²) in [7, 11) is 0. The van der Waals surface area contributed by atoms with Gasteiger partial charge in [0.2, 0.25) is 0 Å². The van der Waals surface area contributed by atoms with Crippen molar-refractivity contribution in [2.75, 3.05) is 63.9 Å². The Hall–Kier alpha value is -1.79. The first kappa shape index (κ1) is 20.0. The van der Waals surface area contributed by atoms with Crippen molar-refractivity contribution in [3.63, 3.8) is 0 Å². The van der Waals surface area contributed by atoms with Gasteiger partial charge in [0.15, 0.2) is 5.96 Å². The summed E-state index contributed by atoms with van der Waals surface area (Å²) >= 11 is 0. The molecule has 6 heteroatoms. The highest BCUT2D eigenvalue weighted by Gasteiger charge is 2.23. The van der Waals surface area contributed by atoms with Crippen molar-refractivity contribution in [1.29, 1.82) is 0 Å². The number of anilines is 1. The molecule has 1 aromatic carbocycles. The topological polar surface area (TPSA) is 52.1 Å². The molecule has 27 heavy (non-hydrogen) atoms. The fourth-order valence-electron chi connectivity index (χ4n) is 3.73. The van der Waals surface area contributed by atoms with Crippen LogP contribution in [0.1, 0.15) is 26.2 Å². The fraction of sp³-hybridized carbons (Fsp3) is 0.667. The van der Waals surface area contributed by atoms with E-state index in [2.05, 4.69) is 57.7 Å². The lowest BCUT2D eigenvalue weighted by Gasteiger charge is -2.26. The fourth-order valence-corrected chi connectivity index (χ4v) is 3.73. The highest BCUT2D eigenvalue weighted by atomic mass is 16.5. The third-order valence-electron chi connectivity index (χ3n) is 5.25. The molecule has 0 aromatic heterocycles. The number of nitrogens with zero attached hydrogens (tertiary/aromatic N) is 3. The van der Waals surface area contributed by atoms with Gasteiger partial charge in [0.05, 0.1) is 13.2 Å². The van der Waals surface area contributed by atoms with Gasteiger partial charge in [-0.05, 0) is 44.9 Å². The van der Waals surface area contributed by atoms with E-state index in [0.29, 0.717) is 6.04 Å². The van der Waals surface area contributed by atoms with Gasteiger partial charge in [-0.2, -0.15) is 0 Å². The van der Waals surface area contributed by atoms with Gasteiger partial charge in [0.1, 0.15) is 0 Å². The van der Waals surface area contributed by atoms with Gasteiger partial charge < -0.3 is 20.3 Å². The highest BCUT2D eigenvalue weighted by Crippen LogP contribution is 2.19. The minimum atomic E-state index is 0.455. The number of aliphatic imine (C=N–C) groups is 1. The lowest BCUT2D eigenvalue weighted by molar-refractivity contribution is 0.0373. The summed E-state index contributed by atoms with van der Waals surface area (Å²) < 4.78 is 5.40. The van der Waals surface area contributed by atoms with Gasteiger partial charge in [0.25, 0.3) is 0 Å². The van der Waals surface area contributed by atoms with Crippen LogP contribution in [0, 0.1) is 0 Å².